The summed E-state index contributed by atoms with van der Waals surface area (Å²) in [6.07, 6.45) is 3.77. The first-order valence-corrected chi connectivity index (χ1v) is 6.42. The van der Waals surface area contributed by atoms with Gasteiger partial charge in [0.25, 0.3) is 0 Å². The largest absolute Gasteiger partial charge is 0.369 e. The molecule has 3 heterocycles. The molecule has 0 saturated heterocycles. The predicted molar refractivity (Wildman–Crippen MR) is 65.0 cm³/mol. The van der Waals surface area contributed by atoms with Gasteiger partial charge in [-0.15, -0.1) is 16.4 Å². The number of aryl methyl sites for hydroxylation is 1. The Morgan fingerprint density at radius 2 is 2.44 bits per heavy atom. The third-order valence-electron chi connectivity index (χ3n) is 2.35. The van der Waals surface area contributed by atoms with E-state index in [0.29, 0.717) is 0 Å². The summed E-state index contributed by atoms with van der Waals surface area (Å²) in [6.45, 7) is 2.77. The SMILES string of the molecule is Cc1nc2sccn2c1CNc1cnns1. The van der Waals surface area contributed by atoms with Crippen molar-refractivity contribution in [2.24, 2.45) is 0 Å². The number of nitrogens with one attached hydrogen (secondary N) is 1. The van der Waals surface area contributed by atoms with Gasteiger partial charge in [-0.3, -0.25) is 4.40 Å². The summed E-state index contributed by atoms with van der Waals surface area (Å²) >= 11 is 3.01. The Labute approximate surface area is 99.9 Å². The lowest BCUT2D eigenvalue weighted by atomic mass is 10.3. The Morgan fingerprint density at radius 1 is 1.50 bits per heavy atom. The summed E-state index contributed by atoms with van der Waals surface area (Å²) in [5.41, 5.74) is 2.25. The molecule has 0 aliphatic rings. The molecule has 82 valence electrons. The smallest absolute Gasteiger partial charge is 0.194 e. The number of imidazole rings is 1. The minimum atomic E-state index is 0.744. The monoisotopic (exact) mass is 251 g/mol. The molecule has 3 aromatic rings. The van der Waals surface area contributed by atoms with Crippen molar-refractivity contribution in [3.05, 3.63) is 29.2 Å². The molecule has 0 aliphatic heterocycles. The fourth-order valence-electron chi connectivity index (χ4n) is 1.57. The number of hydrogen-bond acceptors (Lipinski definition) is 6. The van der Waals surface area contributed by atoms with E-state index in [-0.39, 0.29) is 0 Å². The second-order valence-electron chi connectivity index (χ2n) is 3.33. The fourth-order valence-corrected chi connectivity index (χ4v) is 2.76. The van der Waals surface area contributed by atoms with Crippen LogP contribution in [0.3, 0.4) is 0 Å². The van der Waals surface area contributed by atoms with E-state index >= 15 is 0 Å². The number of rotatable bonds is 3. The van der Waals surface area contributed by atoms with E-state index in [1.807, 2.05) is 18.5 Å². The van der Waals surface area contributed by atoms with Gasteiger partial charge in [0.2, 0.25) is 0 Å². The zero-order chi connectivity index (χ0) is 11.0. The Morgan fingerprint density at radius 3 is 3.25 bits per heavy atom. The lowest BCUT2D eigenvalue weighted by Crippen LogP contribution is -2.02. The lowest BCUT2D eigenvalue weighted by Gasteiger charge is -2.02. The van der Waals surface area contributed by atoms with E-state index in [1.165, 1.54) is 17.2 Å². The standard InChI is InChI=1S/C9H9N5S2/c1-6-7(4-10-8-5-11-13-16-8)14-2-3-15-9(14)12-6/h2-3,5,10H,4H2,1H3. The van der Waals surface area contributed by atoms with Crippen LogP contribution in [0, 0.1) is 6.92 Å². The predicted octanol–water partition coefficient (Wildman–Crippen LogP) is 2.17. The highest BCUT2D eigenvalue weighted by atomic mass is 32.1. The molecule has 0 spiro atoms. The minimum Gasteiger partial charge on any atom is -0.369 e. The van der Waals surface area contributed by atoms with Gasteiger partial charge in [0.1, 0.15) is 5.00 Å². The van der Waals surface area contributed by atoms with Gasteiger partial charge in [-0.05, 0) is 6.92 Å². The average Bonchev–Trinajstić information content (AvgIpc) is 2.92. The van der Waals surface area contributed by atoms with Crippen molar-refractivity contribution in [2.45, 2.75) is 13.5 Å². The third kappa shape index (κ3) is 1.57. The molecule has 3 aromatic heterocycles. The number of hydrogen-bond donors (Lipinski definition) is 1. The van der Waals surface area contributed by atoms with Gasteiger partial charge in [-0.2, -0.15) is 0 Å². The van der Waals surface area contributed by atoms with Gasteiger partial charge in [-0.1, -0.05) is 4.49 Å². The average molecular weight is 251 g/mol. The molecule has 0 unspecified atom stereocenters. The molecule has 0 amide bonds. The van der Waals surface area contributed by atoms with Crippen molar-refractivity contribution >= 4 is 32.8 Å². The summed E-state index contributed by atoms with van der Waals surface area (Å²) in [5.74, 6) is 0. The van der Waals surface area contributed by atoms with Crippen LogP contribution in [0.25, 0.3) is 4.96 Å². The molecule has 0 radical (unpaired) electrons. The van der Waals surface area contributed by atoms with Crippen molar-refractivity contribution in [1.82, 2.24) is 19.0 Å². The fraction of sp³-hybridized carbons (Fsp3) is 0.222. The maximum Gasteiger partial charge on any atom is 0.194 e. The molecule has 1 N–H and O–H groups in total. The molecule has 3 rings (SSSR count). The number of nitrogens with zero attached hydrogens (tertiary/aromatic N) is 4. The molecule has 0 aliphatic carbocycles. The first-order chi connectivity index (χ1) is 7.84. The maximum atomic E-state index is 4.49. The Balaban J connectivity index is 1.88. The van der Waals surface area contributed by atoms with Crippen LogP contribution in [0.1, 0.15) is 11.4 Å². The van der Waals surface area contributed by atoms with Gasteiger partial charge < -0.3 is 5.32 Å². The van der Waals surface area contributed by atoms with Gasteiger partial charge in [0.05, 0.1) is 24.1 Å². The van der Waals surface area contributed by atoms with E-state index in [2.05, 4.69) is 24.3 Å². The van der Waals surface area contributed by atoms with E-state index in [0.717, 1.165) is 22.2 Å². The highest BCUT2D eigenvalue weighted by Gasteiger charge is 2.09. The summed E-state index contributed by atoms with van der Waals surface area (Å²) in [4.78, 5) is 5.53. The minimum absolute atomic E-state index is 0.744. The van der Waals surface area contributed by atoms with E-state index in [1.54, 1.807) is 17.5 Å². The van der Waals surface area contributed by atoms with Gasteiger partial charge >= 0.3 is 0 Å². The molecule has 16 heavy (non-hydrogen) atoms. The number of thiazole rings is 1. The first kappa shape index (κ1) is 9.73. The van der Waals surface area contributed by atoms with Crippen LogP contribution < -0.4 is 5.32 Å². The lowest BCUT2D eigenvalue weighted by molar-refractivity contribution is 0.997. The van der Waals surface area contributed by atoms with Crippen LogP contribution in [-0.2, 0) is 6.54 Å². The van der Waals surface area contributed by atoms with Crippen LogP contribution in [-0.4, -0.2) is 19.0 Å². The van der Waals surface area contributed by atoms with Crippen LogP contribution in [0.15, 0.2) is 17.8 Å². The topological polar surface area (TPSA) is 55.1 Å². The van der Waals surface area contributed by atoms with Crippen LogP contribution in [0.5, 0.6) is 0 Å². The highest BCUT2D eigenvalue weighted by Crippen LogP contribution is 2.18. The molecule has 7 heteroatoms. The molecular weight excluding hydrogens is 242 g/mol. The summed E-state index contributed by atoms with van der Waals surface area (Å²) in [5, 5.41) is 10.1. The normalized spacial score (nSPS) is 11.1. The highest BCUT2D eigenvalue weighted by molar-refractivity contribution is 7.15. The number of fused-ring (bicyclic) bond motifs is 1. The van der Waals surface area contributed by atoms with Gasteiger partial charge in [-0.25, -0.2) is 4.98 Å². The van der Waals surface area contributed by atoms with Crippen molar-refractivity contribution in [3.8, 4) is 0 Å². The molecule has 0 atom stereocenters. The molecule has 5 nitrogen and oxygen atoms in total. The van der Waals surface area contributed by atoms with Gasteiger partial charge in [0.15, 0.2) is 4.96 Å². The van der Waals surface area contributed by atoms with Crippen LogP contribution >= 0.6 is 22.9 Å². The second-order valence-corrected chi connectivity index (χ2v) is 4.99. The van der Waals surface area contributed by atoms with Crippen molar-refractivity contribution in [2.75, 3.05) is 5.32 Å². The molecule has 0 fully saturated rings. The zero-order valence-electron chi connectivity index (χ0n) is 8.54. The molecule has 0 aromatic carbocycles. The summed E-state index contributed by atoms with van der Waals surface area (Å²) in [6, 6.07) is 0. The number of anilines is 1. The maximum absolute atomic E-state index is 4.49. The summed E-state index contributed by atoms with van der Waals surface area (Å²) in [7, 11) is 0. The Bertz CT molecular complexity index is 595. The molecule has 0 bridgehead atoms. The second kappa shape index (κ2) is 3.84. The van der Waals surface area contributed by atoms with Crippen molar-refractivity contribution in [1.29, 1.82) is 0 Å². The molecule has 0 saturated carbocycles. The zero-order valence-corrected chi connectivity index (χ0v) is 10.2. The quantitative estimate of drug-likeness (QED) is 0.775. The first-order valence-electron chi connectivity index (χ1n) is 4.77. The Kier molecular flexibility index (Phi) is 2.33. The van der Waals surface area contributed by atoms with Crippen molar-refractivity contribution < 1.29 is 0 Å². The number of aromatic nitrogens is 4. The van der Waals surface area contributed by atoms with E-state index in [4.69, 9.17) is 0 Å². The van der Waals surface area contributed by atoms with E-state index in [9.17, 15) is 0 Å². The van der Waals surface area contributed by atoms with Crippen LogP contribution in [0.4, 0.5) is 5.00 Å². The molecular formula is C9H9N5S2. The summed E-state index contributed by atoms with van der Waals surface area (Å²) < 4.78 is 5.92. The third-order valence-corrected chi connectivity index (χ3v) is 3.73. The van der Waals surface area contributed by atoms with E-state index < -0.39 is 0 Å². The Hall–Kier alpha value is -1.47. The van der Waals surface area contributed by atoms with Crippen LogP contribution in [0.2, 0.25) is 0 Å². The van der Waals surface area contributed by atoms with Crippen molar-refractivity contribution in [3.63, 3.8) is 0 Å². The van der Waals surface area contributed by atoms with Gasteiger partial charge in [0, 0.05) is 23.1 Å².